The number of nitrogens with zero attached hydrogens (tertiary/aromatic N) is 1. The van der Waals surface area contributed by atoms with Gasteiger partial charge in [0.1, 0.15) is 0 Å². The van der Waals surface area contributed by atoms with E-state index in [2.05, 4.69) is 0 Å². The van der Waals surface area contributed by atoms with Gasteiger partial charge in [0.05, 0.1) is 7.11 Å². The Labute approximate surface area is 106 Å². The Balaban J connectivity index is 2.74. The highest BCUT2D eigenvalue weighted by molar-refractivity contribution is 5.92. The van der Waals surface area contributed by atoms with Crippen molar-refractivity contribution >= 4 is 18.3 Å². The van der Waals surface area contributed by atoms with Crippen molar-refractivity contribution in [1.82, 2.24) is 5.06 Å². The molecule has 0 aliphatic rings. The highest BCUT2D eigenvalue weighted by Crippen LogP contribution is 2.04. The van der Waals surface area contributed by atoms with Crippen LogP contribution in [0.2, 0.25) is 0 Å². The molecule has 0 N–H and O–H groups in total. The summed E-state index contributed by atoms with van der Waals surface area (Å²) >= 11 is 0. The minimum absolute atomic E-state index is 0.472. The quantitative estimate of drug-likeness (QED) is 0.329. The molecule has 1 rings (SSSR count). The fourth-order valence-corrected chi connectivity index (χ4v) is 1.33. The molecule has 1 atom stereocenters. The van der Waals surface area contributed by atoms with E-state index < -0.39 is 12.1 Å². The molecule has 0 aliphatic carbocycles. The van der Waals surface area contributed by atoms with Gasteiger partial charge in [-0.2, -0.15) is 5.06 Å². The molecule has 5 heteroatoms. The number of hydrogen-bond acceptors (Lipinski definition) is 4. The van der Waals surface area contributed by atoms with Gasteiger partial charge in [-0.05, 0) is 11.6 Å². The van der Waals surface area contributed by atoms with Crippen molar-refractivity contribution in [1.29, 1.82) is 0 Å². The van der Waals surface area contributed by atoms with Crippen LogP contribution < -0.4 is 0 Å². The number of carbonyl (C=O) groups is 2. The Morgan fingerprint density at radius 3 is 2.44 bits per heavy atom. The fraction of sp³-hybridized carbons (Fsp3) is 0.231. The molecule has 0 aliphatic heterocycles. The average Bonchev–Trinajstić information content (AvgIpc) is 2.43. The second kappa shape index (κ2) is 7.37. The first kappa shape index (κ1) is 14.1. The molecule has 0 bridgehead atoms. The standard InChI is InChI=1S/C13H15NO4/c1-17-13(10-15)14(18-2)12(16)9-8-11-6-4-3-5-7-11/h3-10,13H,1-2H3. The SMILES string of the molecule is COC(C=O)N(OC)C(=O)C=Cc1ccccc1. The van der Waals surface area contributed by atoms with Gasteiger partial charge in [-0.25, -0.2) is 0 Å². The number of rotatable bonds is 6. The maximum Gasteiger partial charge on any atom is 0.273 e. The van der Waals surface area contributed by atoms with Crippen molar-refractivity contribution in [3.05, 3.63) is 42.0 Å². The van der Waals surface area contributed by atoms with Crippen LogP contribution in [0.25, 0.3) is 6.08 Å². The molecule has 96 valence electrons. The third kappa shape index (κ3) is 3.80. The summed E-state index contributed by atoms with van der Waals surface area (Å²) in [6.45, 7) is 0. The van der Waals surface area contributed by atoms with Gasteiger partial charge in [0.2, 0.25) is 6.23 Å². The lowest BCUT2D eigenvalue weighted by Gasteiger charge is -2.22. The Morgan fingerprint density at radius 2 is 1.94 bits per heavy atom. The first-order chi connectivity index (χ1) is 8.72. The number of aldehydes is 1. The number of hydrogen-bond donors (Lipinski definition) is 0. The van der Waals surface area contributed by atoms with E-state index in [-0.39, 0.29) is 0 Å². The lowest BCUT2D eigenvalue weighted by atomic mass is 10.2. The molecule has 5 nitrogen and oxygen atoms in total. The van der Waals surface area contributed by atoms with E-state index in [4.69, 9.17) is 9.57 Å². The van der Waals surface area contributed by atoms with Gasteiger partial charge < -0.3 is 4.74 Å². The normalized spacial score (nSPS) is 12.3. The molecule has 1 amide bonds. The van der Waals surface area contributed by atoms with Crippen LogP contribution in [0.5, 0.6) is 0 Å². The maximum atomic E-state index is 11.8. The first-order valence-corrected chi connectivity index (χ1v) is 5.31. The van der Waals surface area contributed by atoms with Gasteiger partial charge in [0.25, 0.3) is 5.91 Å². The first-order valence-electron chi connectivity index (χ1n) is 5.31. The summed E-state index contributed by atoms with van der Waals surface area (Å²) in [6, 6.07) is 9.32. The molecule has 0 radical (unpaired) electrons. The molecule has 0 heterocycles. The Bertz CT molecular complexity index is 416. The van der Waals surface area contributed by atoms with E-state index in [9.17, 15) is 9.59 Å². The van der Waals surface area contributed by atoms with Crippen LogP contribution in [0.1, 0.15) is 5.56 Å². The molecule has 1 unspecified atom stereocenters. The minimum Gasteiger partial charge on any atom is -0.353 e. The number of ether oxygens (including phenoxy) is 1. The molecule has 0 fully saturated rings. The second-order valence-corrected chi connectivity index (χ2v) is 3.35. The van der Waals surface area contributed by atoms with Crippen molar-refractivity contribution in [3.8, 4) is 0 Å². The van der Waals surface area contributed by atoms with Gasteiger partial charge in [-0.1, -0.05) is 30.3 Å². The lowest BCUT2D eigenvalue weighted by molar-refractivity contribution is -0.216. The zero-order valence-electron chi connectivity index (χ0n) is 10.3. The van der Waals surface area contributed by atoms with Crippen molar-refractivity contribution in [3.63, 3.8) is 0 Å². The summed E-state index contributed by atoms with van der Waals surface area (Å²) in [6.07, 6.45) is 2.38. The summed E-state index contributed by atoms with van der Waals surface area (Å²) < 4.78 is 4.80. The topological polar surface area (TPSA) is 55.8 Å². The average molecular weight is 249 g/mol. The molecule has 1 aromatic carbocycles. The number of hydroxylamine groups is 2. The van der Waals surface area contributed by atoms with E-state index in [1.807, 2.05) is 30.3 Å². The molecular weight excluding hydrogens is 234 g/mol. The third-order valence-electron chi connectivity index (χ3n) is 2.22. The molecular formula is C13H15NO4. The summed E-state index contributed by atoms with van der Waals surface area (Å²) in [5, 5.41) is 0.854. The predicted molar refractivity (Wildman–Crippen MR) is 66.2 cm³/mol. The van der Waals surface area contributed by atoms with Crippen molar-refractivity contribution in [2.45, 2.75) is 6.23 Å². The Kier molecular flexibility index (Phi) is 5.76. The van der Waals surface area contributed by atoms with Gasteiger partial charge in [-0.3, -0.25) is 14.4 Å². The van der Waals surface area contributed by atoms with Crippen LogP contribution in [0.3, 0.4) is 0 Å². The fourth-order valence-electron chi connectivity index (χ4n) is 1.33. The highest BCUT2D eigenvalue weighted by atomic mass is 16.7. The molecule has 0 saturated carbocycles. The summed E-state index contributed by atoms with van der Waals surface area (Å²) in [5.41, 5.74) is 0.877. The van der Waals surface area contributed by atoms with Gasteiger partial charge in [0.15, 0.2) is 6.29 Å². The zero-order chi connectivity index (χ0) is 13.4. The third-order valence-corrected chi connectivity index (χ3v) is 2.22. The summed E-state index contributed by atoms with van der Waals surface area (Å²) in [7, 11) is 2.61. The lowest BCUT2D eigenvalue weighted by Crippen LogP contribution is -2.40. The van der Waals surface area contributed by atoms with Gasteiger partial charge in [-0.15, -0.1) is 0 Å². The molecule has 0 spiro atoms. The van der Waals surface area contributed by atoms with E-state index in [1.165, 1.54) is 20.3 Å². The highest BCUT2D eigenvalue weighted by Gasteiger charge is 2.21. The van der Waals surface area contributed by atoms with Crippen LogP contribution in [-0.2, 0) is 19.2 Å². The van der Waals surface area contributed by atoms with E-state index in [0.717, 1.165) is 10.6 Å². The predicted octanol–water partition coefficient (Wildman–Crippen LogP) is 1.26. The Morgan fingerprint density at radius 1 is 1.28 bits per heavy atom. The molecule has 18 heavy (non-hydrogen) atoms. The number of amides is 1. The summed E-state index contributed by atoms with van der Waals surface area (Å²) in [5.74, 6) is -0.472. The van der Waals surface area contributed by atoms with Crippen molar-refractivity contribution in [2.24, 2.45) is 0 Å². The molecule has 0 aromatic heterocycles. The maximum absolute atomic E-state index is 11.8. The zero-order valence-corrected chi connectivity index (χ0v) is 10.3. The van der Waals surface area contributed by atoms with Gasteiger partial charge in [0, 0.05) is 13.2 Å². The largest absolute Gasteiger partial charge is 0.353 e. The van der Waals surface area contributed by atoms with Crippen molar-refractivity contribution < 1.29 is 19.2 Å². The van der Waals surface area contributed by atoms with E-state index >= 15 is 0 Å². The molecule has 0 saturated heterocycles. The van der Waals surface area contributed by atoms with E-state index in [1.54, 1.807) is 6.08 Å². The van der Waals surface area contributed by atoms with E-state index in [0.29, 0.717) is 6.29 Å². The Hall–Kier alpha value is -1.98. The van der Waals surface area contributed by atoms with Crippen LogP contribution in [0.15, 0.2) is 36.4 Å². The van der Waals surface area contributed by atoms with Crippen LogP contribution in [-0.4, -0.2) is 37.7 Å². The molecule has 1 aromatic rings. The monoisotopic (exact) mass is 249 g/mol. The van der Waals surface area contributed by atoms with Gasteiger partial charge >= 0.3 is 0 Å². The van der Waals surface area contributed by atoms with Crippen LogP contribution in [0.4, 0.5) is 0 Å². The second-order valence-electron chi connectivity index (χ2n) is 3.35. The number of methoxy groups -OCH3 is 1. The minimum atomic E-state index is -1.05. The van der Waals surface area contributed by atoms with Crippen LogP contribution >= 0.6 is 0 Å². The number of benzene rings is 1. The number of carbonyl (C=O) groups excluding carboxylic acids is 2. The van der Waals surface area contributed by atoms with Crippen molar-refractivity contribution in [2.75, 3.05) is 14.2 Å². The summed E-state index contributed by atoms with van der Waals surface area (Å²) in [4.78, 5) is 27.3. The van der Waals surface area contributed by atoms with Crippen LogP contribution in [0, 0.1) is 0 Å². The smallest absolute Gasteiger partial charge is 0.273 e.